The van der Waals surface area contributed by atoms with Crippen LogP contribution in [0.5, 0.6) is 0 Å². The number of hydrogen-bond acceptors (Lipinski definition) is 3. The van der Waals surface area contributed by atoms with Crippen molar-refractivity contribution < 1.29 is 0 Å². The second-order valence-electron chi connectivity index (χ2n) is 1.98. The van der Waals surface area contributed by atoms with Crippen molar-refractivity contribution in [3.63, 3.8) is 0 Å². The van der Waals surface area contributed by atoms with Gasteiger partial charge in [-0.1, -0.05) is 0 Å². The van der Waals surface area contributed by atoms with E-state index in [2.05, 4.69) is 9.97 Å². The van der Waals surface area contributed by atoms with Crippen molar-refractivity contribution in [1.29, 1.82) is 0 Å². The molecular formula is C5H7N3Sr. The predicted molar refractivity (Wildman–Crippen MR) is 38.0 cm³/mol. The Bertz CT molecular complexity index is 173. The van der Waals surface area contributed by atoms with E-state index in [9.17, 15) is 0 Å². The maximum atomic E-state index is 5.44. The molecule has 1 aromatic rings. The summed E-state index contributed by atoms with van der Waals surface area (Å²) >= 11 is 0.380. The van der Waals surface area contributed by atoms with Crippen molar-refractivity contribution >= 4 is 49.9 Å². The van der Waals surface area contributed by atoms with Gasteiger partial charge in [-0.3, -0.25) is 0 Å². The molecule has 0 atom stereocenters. The molecule has 0 aliphatic carbocycles. The van der Waals surface area contributed by atoms with Crippen LogP contribution in [0.4, 0.5) is 5.82 Å². The Morgan fingerprint density at radius 2 is 2.22 bits per heavy atom. The van der Waals surface area contributed by atoms with Gasteiger partial charge in [-0.2, -0.15) is 0 Å². The van der Waals surface area contributed by atoms with Gasteiger partial charge in [-0.25, -0.2) is 0 Å². The van der Waals surface area contributed by atoms with Crippen LogP contribution in [0.15, 0.2) is 6.07 Å². The minimum atomic E-state index is 0.380. The van der Waals surface area contributed by atoms with E-state index < -0.39 is 0 Å². The monoisotopic (exact) mass is 197 g/mol. The van der Waals surface area contributed by atoms with Gasteiger partial charge in [-0.05, 0) is 0 Å². The molecule has 4 heteroatoms. The average molecular weight is 197 g/mol. The second kappa shape index (κ2) is 2.96. The van der Waals surface area contributed by atoms with Gasteiger partial charge in [0.15, 0.2) is 0 Å². The Labute approximate surface area is 83.2 Å². The summed E-state index contributed by atoms with van der Waals surface area (Å²) in [6, 6.07) is 1.78. The molecule has 0 radical (unpaired) electrons. The molecule has 2 N–H and O–H groups in total. The molecule has 9 heavy (non-hydrogen) atoms. The van der Waals surface area contributed by atoms with Gasteiger partial charge in [0.1, 0.15) is 0 Å². The zero-order valence-corrected chi connectivity index (χ0v) is 10.5. The molecule has 0 saturated carbocycles. The second-order valence-corrected chi connectivity index (χ2v) is 4.18. The Balaban J connectivity index is 3.17. The summed E-state index contributed by atoms with van der Waals surface area (Å²) < 4.78 is 0.939. The minimum absolute atomic E-state index is 0.380. The number of aryl methyl sites for hydroxylation is 1. The standard InChI is InChI=1S/C5H6N3.Sr.H/c1-4-2-5(6)8-3-7-4;;/h2H,1H3,(H2,6,7,8);;. The fourth-order valence-corrected chi connectivity index (χ4v) is 2.25. The molecule has 0 fully saturated rings. The van der Waals surface area contributed by atoms with Crippen LogP contribution in [0, 0.1) is 6.92 Å². The number of rotatable bonds is 0. The van der Waals surface area contributed by atoms with E-state index in [4.69, 9.17) is 5.73 Å². The van der Waals surface area contributed by atoms with Gasteiger partial charge in [0.2, 0.25) is 0 Å². The van der Waals surface area contributed by atoms with Crippen LogP contribution < -0.4 is 6.53 Å². The summed E-state index contributed by atoms with van der Waals surface area (Å²) in [5, 5.41) is 0. The number of aromatic nitrogens is 2. The Morgan fingerprint density at radius 3 is 2.67 bits per heavy atom. The molecular weight excluding hydrogens is 190 g/mol. The van der Waals surface area contributed by atoms with Crippen LogP contribution in [0.1, 0.15) is 5.69 Å². The van der Waals surface area contributed by atoms with Crippen LogP contribution >= 0.6 is 0 Å². The van der Waals surface area contributed by atoms with E-state index in [1.54, 1.807) is 6.07 Å². The molecule has 3 nitrogen and oxygen atoms in total. The van der Waals surface area contributed by atoms with Crippen LogP contribution in [0.25, 0.3) is 0 Å². The first kappa shape index (κ1) is 7.47. The molecule has 0 saturated heterocycles. The molecule has 0 amide bonds. The van der Waals surface area contributed by atoms with Crippen molar-refractivity contribution in [2.45, 2.75) is 6.92 Å². The molecule has 1 heterocycles. The van der Waals surface area contributed by atoms with Crippen LogP contribution in [0.2, 0.25) is 0 Å². The van der Waals surface area contributed by atoms with E-state index in [-0.39, 0.29) is 0 Å². The molecule has 1 aromatic heterocycles. The molecule has 0 bridgehead atoms. The van der Waals surface area contributed by atoms with Crippen molar-refractivity contribution in [2.24, 2.45) is 0 Å². The molecule has 0 aliphatic rings. The summed E-state index contributed by atoms with van der Waals surface area (Å²) in [4.78, 5) is 8.13. The summed E-state index contributed by atoms with van der Waals surface area (Å²) in [7, 11) is 0. The zero-order valence-electron chi connectivity index (χ0n) is 5.55. The van der Waals surface area contributed by atoms with E-state index in [0.717, 1.165) is 6.49 Å². The van der Waals surface area contributed by atoms with Crippen molar-refractivity contribution in [1.82, 2.24) is 9.97 Å². The average Bonchev–Trinajstić information content (AvgIpc) is 1.59. The number of nitrogens with two attached hydrogens (primary N) is 1. The van der Waals surface area contributed by atoms with Crippen LogP contribution in [-0.2, 0) is 0 Å². The van der Waals surface area contributed by atoms with Gasteiger partial charge >= 0.3 is 84.3 Å². The van der Waals surface area contributed by atoms with Crippen LogP contribution in [0.3, 0.4) is 0 Å². The van der Waals surface area contributed by atoms with E-state index in [1.807, 2.05) is 6.92 Å². The number of hydrogen-bond donors (Lipinski definition) is 1. The third-order valence-corrected chi connectivity index (χ3v) is 2.09. The van der Waals surface area contributed by atoms with Crippen molar-refractivity contribution in [2.75, 3.05) is 5.73 Å². The van der Waals surface area contributed by atoms with Gasteiger partial charge in [0, 0.05) is 0 Å². The molecule has 1 rings (SSSR count). The first-order valence-corrected chi connectivity index (χ1v) is 5.22. The molecule has 0 aliphatic heterocycles. The van der Waals surface area contributed by atoms with Gasteiger partial charge in [-0.15, -0.1) is 0 Å². The topological polar surface area (TPSA) is 51.8 Å². The third kappa shape index (κ3) is 2.21. The molecule has 0 unspecified atom stereocenters. The van der Waals surface area contributed by atoms with Crippen LogP contribution in [-0.4, -0.2) is 53.2 Å². The van der Waals surface area contributed by atoms with Gasteiger partial charge in [0.25, 0.3) is 0 Å². The Hall–Kier alpha value is 0.361. The third-order valence-electron chi connectivity index (χ3n) is 0.986. The first-order chi connectivity index (χ1) is 4.18. The molecule has 44 valence electrons. The van der Waals surface area contributed by atoms with E-state index >= 15 is 0 Å². The SMILES string of the molecule is Cc1cc(N)n[c]([SrH])n1. The summed E-state index contributed by atoms with van der Waals surface area (Å²) in [6.45, 7) is 1.93. The summed E-state index contributed by atoms with van der Waals surface area (Å²) in [6.07, 6.45) is 0. The summed E-state index contributed by atoms with van der Waals surface area (Å²) in [5.41, 5.74) is 6.41. The van der Waals surface area contributed by atoms with Crippen molar-refractivity contribution in [3.05, 3.63) is 11.8 Å². The first-order valence-electron chi connectivity index (χ1n) is 2.76. The quantitative estimate of drug-likeness (QED) is 0.536. The zero-order chi connectivity index (χ0) is 6.85. The number of nitrogens with zero attached hydrogens (tertiary/aromatic N) is 2. The fourth-order valence-electron chi connectivity index (χ4n) is 0.746. The van der Waals surface area contributed by atoms with E-state index in [1.165, 1.54) is 0 Å². The molecule has 0 spiro atoms. The molecule has 0 aromatic carbocycles. The van der Waals surface area contributed by atoms with E-state index in [0.29, 0.717) is 49.1 Å². The fraction of sp³-hybridized carbons (Fsp3) is 0.200. The van der Waals surface area contributed by atoms with Gasteiger partial charge in [0.05, 0.1) is 0 Å². The predicted octanol–water partition coefficient (Wildman–Crippen LogP) is -1.11. The Morgan fingerprint density at radius 1 is 1.56 bits per heavy atom. The summed E-state index contributed by atoms with van der Waals surface area (Å²) in [5.74, 6) is 0.594. The normalized spacial score (nSPS) is 9.33. The number of anilines is 1. The Kier molecular flexibility index (Phi) is 2.46. The maximum absolute atomic E-state index is 5.44. The van der Waals surface area contributed by atoms with Gasteiger partial charge < -0.3 is 0 Å². The number of nitrogen functional groups attached to an aromatic ring is 1. The van der Waals surface area contributed by atoms with Crippen molar-refractivity contribution in [3.8, 4) is 0 Å².